The molecule has 23 heavy (non-hydrogen) atoms. The number of hydrogen-bond acceptors (Lipinski definition) is 4. The Bertz CT molecular complexity index is 640. The number of carbonyl (C=O) groups excluding carboxylic acids is 1. The summed E-state index contributed by atoms with van der Waals surface area (Å²) in [5.74, 6) is -0.00592. The third-order valence-corrected chi connectivity index (χ3v) is 5.52. The molecule has 7 heteroatoms. The van der Waals surface area contributed by atoms with Gasteiger partial charge < -0.3 is 10.2 Å². The molecule has 0 bridgehead atoms. The summed E-state index contributed by atoms with van der Waals surface area (Å²) in [6.07, 6.45) is 2.42. The summed E-state index contributed by atoms with van der Waals surface area (Å²) in [4.78, 5) is 14.4. The monoisotopic (exact) mass is 339 g/mol. The lowest BCUT2D eigenvalue weighted by molar-refractivity contribution is 0.0703. The van der Waals surface area contributed by atoms with Gasteiger partial charge in [-0.2, -0.15) is 0 Å². The summed E-state index contributed by atoms with van der Waals surface area (Å²) in [6, 6.07) is 6.91. The largest absolute Gasteiger partial charge is 0.339 e. The van der Waals surface area contributed by atoms with E-state index in [1.54, 1.807) is 29.2 Å². The highest BCUT2D eigenvalue weighted by molar-refractivity contribution is 7.92. The van der Waals surface area contributed by atoms with Crippen LogP contribution in [-0.4, -0.2) is 51.2 Å². The summed E-state index contributed by atoms with van der Waals surface area (Å²) in [5, 5.41) is 3.28. The van der Waals surface area contributed by atoms with Crippen LogP contribution in [-0.2, 0) is 10.0 Å². The minimum atomic E-state index is -3.35. The number of carbonyl (C=O) groups is 1. The quantitative estimate of drug-likeness (QED) is 0.826. The van der Waals surface area contributed by atoms with Crippen molar-refractivity contribution in [1.82, 2.24) is 10.2 Å². The fraction of sp³-hybridized carbons (Fsp3) is 0.562. The topological polar surface area (TPSA) is 78.5 Å². The molecule has 1 amide bonds. The lowest BCUT2D eigenvalue weighted by atomic mass is 10.0. The van der Waals surface area contributed by atoms with Gasteiger partial charge in [0.05, 0.1) is 5.75 Å². The predicted octanol–water partition coefficient (Wildman–Crippen LogP) is 1.66. The molecule has 0 spiro atoms. The van der Waals surface area contributed by atoms with Gasteiger partial charge in [0.25, 0.3) is 5.91 Å². The molecule has 0 unspecified atom stereocenters. The Hall–Kier alpha value is -1.60. The molecule has 1 saturated heterocycles. The second-order valence-electron chi connectivity index (χ2n) is 5.90. The number of nitrogens with zero attached hydrogens (tertiary/aromatic N) is 1. The van der Waals surface area contributed by atoms with Crippen molar-refractivity contribution in [3.8, 4) is 0 Å². The van der Waals surface area contributed by atoms with E-state index in [1.165, 1.54) is 0 Å². The molecular weight excluding hydrogens is 314 g/mol. The molecule has 2 N–H and O–H groups in total. The van der Waals surface area contributed by atoms with Crippen LogP contribution in [0.4, 0.5) is 5.69 Å². The van der Waals surface area contributed by atoms with Crippen molar-refractivity contribution in [1.29, 1.82) is 0 Å². The van der Waals surface area contributed by atoms with E-state index < -0.39 is 10.0 Å². The van der Waals surface area contributed by atoms with Gasteiger partial charge in [-0.05, 0) is 50.6 Å². The Kier molecular flexibility index (Phi) is 6.01. The van der Waals surface area contributed by atoms with Crippen molar-refractivity contribution in [3.05, 3.63) is 29.8 Å². The summed E-state index contributed by atoms with van der Waals surface area (Å²) >= 11 is 0. The Balaban J connectivity index is 2.10. The normalized spacial score (nSPS) is 16.1. The zero-order valence-electron chi connectivity index (χ0n) is 13.7. The predicted molar refractivity (Wildman–Crippen MR) is 92.1 cm³/mol. The van der Waals surface area contributed by atoms with Gasteiger partial charge in [-0.3, -0.25) is 9.52 Å². The van der Waals surface area contributed by atoms with Gasteiger partial charge in [-0.25, -0.2) is 8.42 Å². The standard InChI is InChI=1S/C16H25N3O3S/c1-3-11-23(21,22)18-14-6-4-5-13(12-14)16(20)19(2)15-7-9-17-10-8-15/h4-6,12,15,17-18H,3,7-11H2,1-2H3. The third-order valence-electron chi connectivity index (χ3n) is 4.03. The van der Waals surface area contributed by atoms with Crippen LogP contribution in [0.5, 0.6) is 0 Å². The lowest BCUT2D eigenvalue weighted by Gasteiger charge is -2.31. The lowest BCUT2D eigenvalue weighted by Crippen LogP contribution is -2.43. The minimum Gasteiger partial charge on any atom is -0.339 e. The maximum absolute atomic E-state index is 12.6. The Labute approximate surface area is 138 Å². The number of hydrogen-bond donors (Lipinski definition) is 2. The molecule has 2 rings (SSSR count). The van der Waals surface area contributed by atoms with Crippen molar-refractivity contribution in [2.24, 2.45) is 0 Å². The van der Waals surface area contributed by atoms with Crippen LogP contribution in [0.3, 0.4) is 0 Å². The number of amides is 1. The van der Waals surface area contributed by atoms with Crippen LogP contribution < -0.4 is 10.0 Å². The van der Waals surface area contributed by atoms with E-state index in [9.17, 15) is 13.2 Å². The van der Waals surface area contributed by atoms with E-state index in [0.717, 1.165) is 25.9 Å². The second kappa shape index (κ2) is 7.79. The first-order valence-corrected chi connectivity index (χ1v) is 9.66. The SMILES string of the molecule is CCCS(=O)(=O)Nc1cccc(C(=O)N(C)C2CCNCC2)c1. The molecule has 1 fully saturated rings. The summed E-state index contributed by atoms with van der Waals surface area (Å²) in [6.45, 7) is 3.64. The highest BCUT2D eigenvalue weighted by Gasteiger charge is 2.23. The number of rotatable bonds is 6. The maximum atomic E-state index is 12.6. The average molecular weight is 339 g/mol. The second-order valence-corrected chi connectivity index (χ2v) is 7.74. The van der Waals surface area contributed by atoms with Gasteiger partial charge >= 0.3 is 0 Å². The summed E-state index contributed by atoms with van der Waals surface area (Å²) in [5.41, 5.74) is 0.936. The zero-order chi connectivity index (χ0) is 16.9. The van der Waals surface area contributed by atoms with Crippen molar-refractivity contribution in [2.45, 2.75) is 32.2 Å². The third kappa shape index (κ3) is 4.94. The molecular formula is C16H25N3O3S. The van der Waals surface area contributed by atoms with Crippen LogP contribution in [0.2, 0.25) is 0 Å². The van der Waals surface area contributed by atoms with Crippen molar-refractivity contribution in [3.63, 3.8) is 0 Å². The molecule has 1 aromatic rings. The first kappa shape index (κ1) is 17.7. The molecule has 0 aliphatic carbocycles. The van der Waals surface area contributed by atoms with Crippen LogP contribution in [0.25, 0.3) is 0 Å². The van der Waals surface area contributed by atoms with E-state index in [1.807, 2.05) is 14.0 Å². The van der Waals surface area contributed by atoms with Crippen LogP contribution in [0.15, 0.2) is 24.3 Å². The number of anilines is 1. The molecule has 1 aliphatic heterocycles. The molecule has 0 aromatic heterocycles. The van der Waals surface area contributed by atoms with E-state index in [0.29, 0.717) is 17.7 Å². The van der Waals surface area contributed by atoms with E-state index >= 15 is 0 Å². The molecule has 1 aromatic carbocycles. The van der Waals surface area contributed by atoms with Gasteiger partial charge in [-0.1, -0.05) is 13.0 Å². The number of piperidine rings is 1. The molecule has 128 valence electrons. The van der Waals surface area contributed by atoms with Crippen LogP contribution in [0, 0.1) is 0 Å². The minimum absolute atomic E-state index is 0.0696. The zero-order valence-corrected chi connectivity index (χ0v) is 14.5. The Morgan fingerprint density at radius 2 is 2.04 bits per heavy atom. The molecule has 1 aliphatic rings. The molecule has 0 atom stereocenters. The fourth-order valence-electron chi connectivity index (χ4n) is 2.78. The van der Waals surface area contributed by atoms with Gasteiger partial charge in [0, 0.05) is 24.3 Å². The van der Waals surface area contributed by atoms with Gasteiger partial charge in [0.2, 0.25) is 10.0 Å². The van der Waals surface area contributed by atoms with Gasteiger partial charge in [-0.15, -0.1) is 0 Å². The highest BCUT2D eigenvalue weighted by Crippen LogP contribution is 2.17. The van der Waals surface area contributed by atoms with E-state index in [2.05, 4.69) is 10.0 Å². The molecule has 1 heterocycles. The van der Waals surface area contributed by atoms with Gasteiger partial charge in [0.15, 0.2) is 0 Å². The highest BCUT2D eigenvalue weighted by atomic mass is 32.2. The Morgan fingerprint density at radius 3 is 2.70 bits per heavy atom. The maximum Gasteiger partial charge on any atom is 0.253 e. The summed E-state index contributed by atoms with van der Waals surface area (Å²) < 4.78 is 26.2. The smallest absolute Gasteiger partial charge is 0.253 e. The number of nitrogens with one attached hydrogen (secondary N) is 2. The van der Waals surface area contributed by atoms with Crippen molar-refractivity contribution >= 4 is 21.6 Å². The van der Waals surface area contributed by atoms with Crippen LogP contribution >= 0.6 is 0 Å². The first-order valence-electron chi connectivity index (χ1n) is 8.01. The van der Waals surface area contributed by atoms with Gasteiger partial charge in [0.1, 0.15) is 0 Å². The number of sulfonamides is 1. The van der Waals surface area contributed by atoms with E-state index in [-0.39, 0.29) is 17.7 Å². The number of benzene rings is 1. The average Bonchev–Trinajstić information content (AvgIpc) is 2.54. The fourth-order valence-corrected chi connectivity index (χ4v) is 3.90. The molecule has 0 radical (unpaired) electrons. The first-order chi connectivity index (χ1) is 10.9. The van der Waals surface area contributed by atoms with Crippen molar-refractivity contribution in [2.75, 3.05) is 30.6 Å². The molecule has 0 saturated carbocycles. The summed E-state index contributed by atoms with van der Waals surface area (Å²) in [7, 11) is -1.54. The molecule has 6 nitrogen and oxygen atoms in total. The Morgan fingerprint density at radius 1 is 1.35 bits per heavy atom. The van der Waals surface area contributed by atoms with Crippen molar-refractivity contribution < 1.29 is 13.2 Å². The van der Waals surface area contributed by atoms with E-state index in [4.69, 9.17) is 0 Å². The van der Waals surface area contributed by atoms with Crippen LogP contribution in [0.1, 0.15) is 36.5 Å².